The summed E-state index contributed by atoms with van der Waals surface area (Å²) in [5.74, 6) is 0.894. The molecule has 2 aliphatic heterocycles. The number of carbonyl (C=O) groups excluding carboxylic acids is 2. The van der Waals surface area contributed by atoms with Crippen LogP contribution in [-0.4, -0.2) is 113 Å². The average molecular weight is 641 g/mol. The van der Waals surface area contributed by atoms with E-state index in [9.17, 15) is 14.0 Å². The highest BCUT2D eigenvalue weighted by molar-refractivity contribution is 5.97. The molecular weight excluding hydrogens is 587 g/mol. The first kappa shape index (κ1) is 35.5. The molecule has 2 saturated heterocycles. The fraction of sp³-hybridized carbons (Fsp3) is 0.676. The van der Waals surface area contributed by atoms with Crippen LogP contribution < -0.4 is 15.0 Å². The summed E-state index contributed by atoms with van der Waals surface area (Å²) in [7, 11) is 3.59. The fourth-order valence-corrected chi connectivity index (χ4v) is 6.84. The zero-order chi connectivity index (χ0) is 33.6. The number of ether oxygens (including phenoxy) is 1. The first-order chi connectivity index (χ1) is 21.8. The number of carbonyl (C=O) groups is 2. The number of aromatic nitrogens is 3. The average Bonchev–Trinajstić information content (AvgIpc) is 3.43. The number of nitrogens with one attached hydrogen (secondary N) is 1. The van der Waals surface area contributed by atoms with Gasteiger partial charge in [-0.2, -0.15) is 0 Å². The lowest BCUT2D eigenvalue weighted by Crippen LogP contribution is -2.62. The minimum absolute atomic E-state index is 0.0501. The van der Waals surface area contributed by atoms with Crippen molar-refractivity contribution in [2.45, 2.75) is 85.4 Å². The second-order valence-electron chi connectivity index (χ2n) is 13.9. The Balaban J connectivity index is 1.37. The molecule has 2 amide bonds. The molecule has 1 aromatic heterocycles. The smallest absolute Gasteiger partial charge is 0.282 e. The molecule has 0 radical (unpaired) electrons. The summed E-state index contributed by atoms with van der Waals surface area (Å²) in [6.45, 7) is 17.5. The van der Waals surface area contributed by atoms with Crippen molar-refractivity contribution in [3.05, 3.63) is 35.9 Å². The standard InChI is InChI=1S/C34H53FN8O3/c1-9-43(24(4)5)33(45)27-18-26(35)12-13-29(27)46-32-31(37-22-38-39-32)41-16-14-34(19-41)20-42(21-34)28(23(2)3)11-10-15-36-25(6)17-30(44)40(7)8/h12-13,18,22-25,28,36H,9-11,14-17,19-21H2,1-8H3/t25?,28-/m1/s1. The first-order valence-electron chi connectivity index (χ1n) is 16.7. The van der Waals surface area contributed by atoms with E-state index in [1.54, 1.807) is 23.9 Å². The number of hydrogen-bond donors (Lipinski definition) is 1. The molecule has 254 valence electrons. The van der Waals surface area contributed by atoms with Gasteiger partial charge in [-0.05, 0) is 77.6 Å². The lowest BCUT2D eigenvalue weighted by Gasteiger charge is -2.53. The number of likely N-dealkylation sites (tertiary alicyclic amines) is 1. The van der Waals surface area contributed by atoms with Crippen molar-refractivity contribution in [2.24, 2.45) is 11.3 Å². The summed E-state index contributed by atoms with van der Waals surface area (Å²) in [5.41, 5.74) is 0.316. The molecule has 3 heterocycles. The first-order valence-corrected chi connectivity index (χ1v) is 16.7. The third-order valence-electron chi connectivity index (χ3n) is 9.38. The van der Waals surface area contributed by atoms with E-state index < -0.39 is 5.82 Å². The number of benzene rings is 1. The summed E-state index contributed by atoms with van der Waals surface area (Å²) in [6, 6.07) is 4.58. The highest BCUT2D eigenvalue weighted by Gasteiger charge is 2.50. The van der Waals surface area contributed by atoms with E-state index in [1.807, 2.05) is 20.8 Å². The predicted octanol–water partition coefficient (Wildman–Crippen LogP) is 4.45. The Morgan fingerprint density at radius 1 is 1.13 bits per heavy atom. The molecule has 2 aromatic rings. The summed E-state index contributed by atoms with van der Waals surface area (Å²) < 4.78 is 20.5. The quantitative estimate of drug-likeness (QED) is 0.283. The highest BCUT2D eigenvalue weighted by atomic mass is 19.1. The SMILES string of the molecule is CCN(C(=O)c1cc(F)ccc1Oc1nncnc1N1CCC2(C1)CN([C@H](CCCNC(C)CC(=O)N(C)C)C(C)C)C2)C(C)C. The van der Waals surface area contributed by atoms with Crippen molar-refractivity contribution in [3.63, 3.8) is 0 Å². The molecule has 4 rings (SSSR count). The number of nitrogens with zero attached hydrogens (tertiary/aromatic N) is 7. The molecule has 2 atom stereocenters. The lowest BCUT2D eigenvalue weighted by molar-refractivity contribution is -0.129. The monoisotopic (exact) mass is 640 g/mol. The van der Waals surface area contributed by atoms with E-state index >= 15 is 0 Å². The Labute approximate surface area is 273 Å². The summed E-state index contributed by atoms with van der Waals surface area (Å²) in [4.78, 5) is 38.0. The minimum Gasteiger partial charge on any atom is -0.434 e. The van der Waals surface area contributed by atoms with Crippen LogP contribution in [0.5, 0.6) is 11.6 Å². The van der Waals surface area contributed by atoms with Gasteiger partial charge in [0.1, 0.15) is 17.9 Å². The van der Waals surface area contributed by atoms with Crippen LogP contribution in [0, 0.1) is 17.2 Å². The molecule has 2 aliphatic rings. The van der Waals surface area contributed by atoms with Crippen LogP contribution >= 0.6 is 0 Å². The van der Waals surface area contributed by atoms with Crippen LogP contribution in [0.2, 0.25) is 0 Å². The van der Waals surface area contributed by atoms with Crippen LogP contribution in [-0.2, 0) is 4.79 Å². The van der Waals surface area contributed by atoms with Crippen molar-refractivity contribution < 1.29 is 18.7 Å². The maximum atomic E-state index is 14.3. The van der Waals surface area contributed by atoms with Crippen LogP contribution in [0.25, 0.3) is 0 Å². The van der Waals surface area contributed by atoms with Crippen molar-refractivity contribution in [1.29, 1.82) is 0 Å². The molecule has 46 heavy (non-hydrogen) atoms. The van der Waals surface area contributed by atoms with E-state index in [0.29, 0.717) is 30.7 Å². The van der Waals surface area contributed by atoms with Gasteiger partial charge in [-0.15, -0.1) is 10.2 Å². The van der Waals surface area contributed by atoms with Crippen molar-refractivity contribution in [2.75, 3.05) is 58.3 Å². The summed E-state index contributed by atoms with van der Waals surface area (Å²) in [6.07, 6.45) is 5.13. The van der Waals surface area contributed by atoms with Crippen LogP contribution in [0.3, 0.4) is 0 Å². The minimum atomic E-state index is -0.508. The van der Waals surface area contributed by atoms with Crippen LogP contribution in [0.15, 0.2) is 24.5 Å². The van der Waals surface area contributed by atoms with E-state index in [1.165, 1.54) is 24.5 Å². The normalized spacial score (nSPS) is 17.3. The Bertz CT molecular complexity index is 1330. The highest BCUT2D eigenvalue weighted by Crippen LogP contribution is 2.44. The second-order valence-corrected chi connectivity index (χ2v) is 13.9. The maximum absolute atomic E-state index is 14.3. The number of halogens is 1. The molecule has 0 bridgehead atoms. The van der Waals surface area contributed by atoms with Gasteiger partial charge in [-0.3, -0.25) is 14.5 Å². The van der Waals surface area contributed by atoms with Crippen molar-refractivity contribution >= 4 is 17.6 Å². The molecule has 1 unspecified atom stereocenters. The Kier molecular flexibility index (Phi) is 11.9. The molecule has 1 spiro atoms. The van der Waals surface area contributed by atoms with E-state index in [4.69, 9.17) is 4.74 Å². The van der Waals surface area contributed by atoms with Gasteiger partial charge < -0.3 is 24.8 Å². The summed E-state index contributed by atoms with van der Waals surface area (Å²) >= 11 is 0. The molecule has 12 heteroatoms. The zero-order valence-electron chi connectivity index (χ0n) is 28.9. The molecule has 2 fully saturated rings. The van der Waals surface area contributed by atoms with Gasteiger partial charge >= 0.3 is 0 Å². The van der Waals surface area contributed by atoms with E-state index in [0.717, 1.165) is 52.0 Å². The van der Waals surface area contributed by atoms with Crippen molar-refractivity contribution in [3.8, 4) is 11.6 Å². The number of amides is 2. The van der Waals surface area contributed by atoms with Crippen molar-refractivity contribution in [1.82, 2.24) is 35.2 Å². The largest absolute Gasteiger partial charge is 0.434 e. The number of hydrogen-bond acceptors (Lipinski definition) is 9. The van der Waals surface area contributed by atoms with Gasteiger partial charge in [0, 0.05) is 76.8 Å². The molecular formula is C34H53FN8O3. The Hall–Kier alpha value is -3.38. The molecule has 0 aliphatic carbocycles. The third-order valence-corrected chi connectivity index (χ3v) is 9.38. The van der Waals surface area contributed by atoms with Gasteiger partial charge in [0.05, 0.1) is 5.56 Å². The number of rotatable bonds is 15. The maximum Gasteiger partial charge on any atom is 0.282 e. The van der Waals surface area contributed by atoms with Gasteiger partial charge in [-0.1, -0.05) is 13.8 Å². The second kappa shape index (κ2) is 15.5. The fourth-order valence-electron chi connectivity index (χ4n) is 6.84. The van der Waals surface area contributed by atoms with Gasteiger partial charge in [0.25, 0.3) is 11.8 Å². The van der Waals surface area contributed by atoms with Gasteiger partial charge in [0.15, 0.2) is 5.82 Å². The Morgan fingerprint density at radius 3 is 2.52 bits per heavy atom. The Morgan fingerprint density at radius 2 is 1.87 bits per heavy atom. The van der Waals surface area contributed by atoms with E-state index in [2.05, 4.69) is 51.1 Å². The lowest BCUT2D eigenvalue weighted by atomic mass is 9.76. The third kappa shape index (κ3) is 8.50. The molecule has 1 aromatic carbocycles. The molecule has 1 N–H and O–H groups in total. The predicted molar refractivity (Wildman–Crippen MR) is 178 cm³/mol. The number of anilines is 1. The molecule has 0 saturated carbocycles. The summed E-state index contributed by atoms with van der Waals surface area (Å²) in [5, 5.41) is 11.7. The molecule has 11 nitrogen and oxygen atoms in total. The van der Waals surface area contributed by atoms with E-state index in [-0.39, 0.29) is 46.5 Å². The topological polar surface area (TPSA) is 107 Å². The van der Waals surface area contributed by atoms with Gasteiger partial charge in [-0.25, -0.2) is 9.37 Å². The van der Waals surface area contributed by atoms with Crippen LogP contribution in [0.4, 0.5) is 10.2 Å². The van der Waals surface area contributed by atoms with Crippen LogP contribution in [0.1, 0.15) is 77.6 Å². The van der Waals surface area contributed by atoms with Gasteiger partial charge in [0.2, 0.25) is 5.91 Å². The zero-order valence-corrected chi connectivity index (χ0v) is 28.9.